The number of aryl methyl sites for hydroxylation is 1. The molecule has 1 amide bonds. The zero-order valence-corrected chi connectivity index (χ0v) is 13.2. The van der Waals surface area contributed by atoms with Crippen molar-refractivity contribution >= 4 is 17.2 Å². The fraction of sp³-hybridized carbons (Fsp3) is 0.688. The van der Waals surface area contributed by atoms with Crippen molar-refractivity contribution in [1.29, 1.82) is 0 Å². The van der Waals surface area contributed by atoms with Crippen molar-refractivity contribution in [2.24, 2.45) is 11.8 Å². The van der Waals surface area contributed by atoms with E-state index in [2.05, 4.69) is 41.6 Å². The third-order valence-electron chi connectivity index (χ3n) is 5.05. The summed E-state index contributed by atoms with van der Waals surface area (Å²) < 4.78 is 0. The highest BCUT2D eigenvalue weighted by molar-refractivity contribution is 7.09. The summed E-state index contributed by atoms with van der Waals surface area (Å²) in [5, 5.41) is 5.57. The molecule has 0 aliphatic carbocycles. The summed E-state index contributed by atoms with van der Waals surface area (Å²) in [6.07, 6.45) is 2.69. The lowest BCUT2D eigenvalue weighted by Crippen LogP contribution is -2.47. The maximum absolute atomic E-state index is 12.5. The maximum atomic E-state index is 12.5. The van der Waals surface area contributed by atoms with Crippen molar-refractivity contribution in [3.63, 3.8) is 0 Å². The number of carbonyl (C=O) groups excluding carboxylic acids is 1. The lowest BCUT2D eigenvalue weighted by atomic mass is 9.85. The molecule has 0 aromatic carbocycles. The third-order valence-corrected chi connectivity index (χ3v) is 5.99. The normalized spacial score (nSPS) is 27.8. The van der Waals surface area contributed by atoms with Gasteiger partial charge in [0.2, 0.25) is 5.91 Å². The van der Waals surface area contributed by atoms with Crippen LogP contribution >= 0.6 is 11.3 Å². The van der Waals surface area contributed by atoms with Gasteiger partial charge in [-0.25, -0.2) is 0 Å². The molecular formula is C16H24N2OS. The number of carbonyl (C=O) groups is 1. The van der Waals surface area contributed by atoms with Crippen LogP contribution in [0.1, 0.15) is 31.6 Å². The minimum absolute atomic E-state index is 0.0220. The lowest BCUT2D eigenvalue weighted by Gasteiger charge is -2.35. The van der Waals surface area contributed by atoms with E-state index >= 15 is 0 Å². The number of nitrogens with zero attached hydrogens (tertiary/aromatic N) is 1. The van der Waals surface area contributed by atoms with Crippen molar-refractivity contribution in [3.05, 3.63) is 22.4 Å². The zero-order chi connectivity index (χ0) is 14.2. The molecule has 4 heteroatoms. The summed E-state index contributed by atoms with van der Waals surface area (Å²) in [6.45, 7) is 7.57. The van der Waals surface area contributed by atoms with E-state index in [0.29, 0.717) is 24.2 Å². The first-order valence-electron chi connectivity index (χ1n) is 7.62. The van der Waals surface area contributed by atoms with Gasteiger partial charge >= 0.3 is 0 Å². The van der Waals surface area contributed by atoms with Gasteiger partial charge in [-0.3, -0.25) is 4.79 Å². The van der Waals surface area contributed by atoms with E-state index in [1.807, 2.05) is 0 Å². The van der Waals surface area contributed by atoms with E-state index in [1.165, 1.54) is 4.88 Å². The van der Waals surface area contributed by atoms with Crippen LogP contribution in [0.25, 0.3) is 0 Å². The van der Waals surface area contributed by atoms with Gasteiger partial charge < -0.3 is 10.2 Å². The predicted molar refractivity (Wildman–Crippen MR) is 82.9 cm³/mol. The molecule has 2 saturated heterocycles. The second kappa shape index (κ2) is 5.49. The van der Waals surface area contributed by atoms with Gasteiger partial charge in [-0.2, -0.15) is 0 Å². The largest absolute Gasteiger partial charge is 0.337 e. The highest BCUT2D eigenvalue weighted by Crippen LogP contribution is 2.40. The number of amides is 1. The van der Waals surface area contributed by atoms with E-state index in [4.69, 9.17) is 0 Å². The van der Waals surface area contributed by atoms with E-state index in [1.54, 1.807) is 11.3 Å². The van der Waals surface area contributed by atoms with Gasteiger partial charge in [0.1, 0.15) is 0 Å². The van der Waals surface area contributed by atoms with Crippen LogP contribution in [-0.2, 0) is 11.2 Å². The standard InChI is InChI=1S/C16H24N2OS/c1-16(2)14-10-17-9-12(14)11-18(16)15(19)7-3-5-13-6-4-8-20-13/h4,6,8,12,14,17H,3,5,7,9-11H2,1-2H3. The van der Waals surface area contributed by atoms with Gasteiger partial charge in [-0.1, -0.05) is 6.07 Å². The number of hydrogen-bond donors (Lipinski definition) is 1. The number of rotatable bonds is 4. The summed E-state index contributed by atoms with van der Waals surface area (Å²) in [4.78, 5) is 16.1. The first-order chi connectivity index (χ1) is 9.59. The molecule has 2 fully saturated rings. The molecule has 0 radical (unpaired) electrons. The highest BCUT2D eigenvalue weighted by Gasteiger charge is 2.50. The van der Waals surface area contributed by atoms with Gasteiger partial charge in [-0.15, -0.1) is 11.3 Å². The summed E-state index contributed by atoms with van der Waals surface area (Å²) >= 11 is 1.79. The average Bonchev–Trinajstić information content (AvgIpc) is 3.09. The van der Waals surface area contributed by atoms with Gasteiger partial charge in [0.25, 0.3) is 0 Å². The van der Waals surface area contributed by atoms with Crippen LogP contribution in [0.15, 0.2) is 17.5 Å². The Kier molecular flexibility index (Phi) is 3.87. The Morgan fingerprint density at radius 3 is 3.05 bits per heavy atom. The van der Waals surface area contributed by atoms with Crippen molar-refractivity contribution < 1.29 is 4.79 Å². The Labute approximate surface area is 125 Å². The van der Waals surface area contributed by atoms with Crippen LogP contribution in [0.4, 0.5) is 0 Å². The Morgan fingerprint density at radius 2 is 2.35 bits per heavy atom. The molecule has 0 spiro atoms. The van der Waals surface area contributed by atoms with Gasteiger partial charge in [0, 0.05) is 36.5 Å². The molecule has 2 aliphatic rings. The molecule has 2 aliphatic heterocycles. The SMILES string of the molecule is CC1(C)C2CNCC2CN1C(=O)CCCc1cccs1. The molecule has 0 saturated carbocycles. The minimum atomic E-state index is 0.0220. The molecule has 1 aromatic heterocycles. The second-order valence-electron chi connectivity index (χ2n) is 6.62. The molecule has 3 nitrogen and oxygen atoms in total. The summed E-state index contributed by atoms with van der Waals surface area (Å²) in [7, 11) is 0. The summed E-state index contributed by atoms with van der Waals surface area (Å²) in [5.74, 6) is 1.64. The number of likely N-dealkylation sites (tertiary alicyclic amines) is 1. The fourth-order valence-electron chi connectivity index (χ4n) is 3.85. The van der Waals surface area contributed by atoms with Crippen molar-refractivity contribution in [2.75, 3.05) is 19.6 Å². The molecule has 3 rings (SSSR count). The zero-order valence-electron chi connectivity index (χ0n) is 12.4. The maximum Gasteiger partial charge on any atom is 0.223 e. The Balaban J connectivity index is 1.55. The van der Waals surface area contributed by atoms with E-state index in [0.717, 1.165) is 32.5 Å². The number of nitrogens with one attached hydrogen (secondary N) is 1. The Hall–Kier alpha value is -0.870. The second-order valence-corrected chi connectivity index (χ2v) is 7.65. The number of hydrogen-bond acceptors (Lipinski definition) is 3. The van der Waals surface area contributed by atoms with Gasteiger partial charge in [0.05, 0.1) is 0 Å². The lowest BCUT2D eigenvalue weighted by molar-refractivity contribution is -0.135. The molecule has 110 valence electrons. The predicted octanol–water partition coefficient (Wildman–Crippen LogP) is 2.53. The molecule has 2 unspecified atom stereocenters. The fourth-order valence-corrected chi connectivity index (χ4v) is 4.60. The van der Waals surface area contributed by atoms with Crippen LogP contribution in [0.2, 0.25) is 0 Å². The number of thiophene rings is 1. The van der Waals surface area contributed by atoms with Crippen LogP contribution in [0, 0.1) is 11.8 Å². The smallest absolute Gasteiger partial charge is 0.223 e. The molecule has 3 heterocycles. The van der Waals surface area contributed by atoms with Crippen molar-refractivity contribution in [2.45, 2.75) is 38.6 Å². The third kappa shape index (κ3) is 2.51. The van der Waals surface area contributed by atoms with E-state index < -0.39 is 0 Å². The van der Waals surface area contributed by atoms with Crippen LogP contribution < -0.4 is 5.32 Å². The first kappa shape index (κ1) is 14.1. The van der Waals surface area contributed by atoms with E-state index in [-0.39, 0.29) is 5.54 Å². The van der Waals surface area contributed by atoms with Crippen LogP contribution in [-0.4, -0.2) is 36.0 Å². The number of fused-ring (bicyclic) bond motifs is 1. The Morgan fingerprint density at radius 1 is 1.50 bits per heavy atom. The van der Waals surface area contributed by atoms with Crippen molar-refractivity contribution in [1.82, 2.24) is 10.2 Å². The van der Waals surface area contributed by atoms with Crippen LogP contribution in [0.5, 0.6) is 0 Å². The monoisotopic (exact) mass is 292 g/mol. The summed E-state index contributed by atoms with van der Waals surface area (Å²) in [5.41, 5.74) is 0.0220. The molecule has 1 N–H and O–H groups in total. The van der Waals surface area contributed by atoms with Gasteiger partial charge in [0.15, 0.2) is 0 Å². The highest BCUT2D eigenvalue weighted by atomic mass is 32.1. The van der Waals surface area contributed by atoms with Crippen LogP contribution in [0.3, 0.4) is 0 Å². The average molecular weight is 292 g/mol. The molecular weight excluding hydrogens is 268 g/mol. The topological polar surface area (TPSA) is 32.3 Å². The molecule has 2 atom stereocenters. The Bertz CT molecular complexity index is 469. The first-order valence-corrected chi connectivity index (χ1v) is 8.50. The molecule has 1 aromatic rings. The molecule has 20 heavy (non-hydrogen) atoms. The van der Waals surface area contributed by atoms with Crippen molar-refractivity contribution in [3.8, 4) is 0 Å². The van der Waals surface area contributed by atoms with E-state index in [9.17, 15) is 4.79 Å². The minimum Gasteiger partial charge on any atom is -0.337 e. The van der Waals surface area contributed by atoms with Gasteiger partial charge in [-0.05, 0) is 50.0 Å². The summed E-state index contributed by atoms with van der Waals surface area (Å²) in [6, 6.07) is 4.24. The molecule has 0 bridgehead atoms. The quantitative estimate of drug-likeness (QED) is 0.925.